The number of piperidine rings is 1. The summed E-state index contributed by atoms with van der Waals surface area (Å²) in [6.07, 6.45) is 2.73. The lowest BCUT2D eigenvalue weighted by Crippen LogP contribution is -2.50. The average Bonchev–Trinajstić information content (AvgIpc) is 2.74. The van der Waals surface area contributed by atoms with Crippen LogP contribution < -0.4 is 10.6 Å². The van der Waals surface area contributed by atoms with E-state index in [0.717, 1.165) is 39.0 Å². The lowest BCUT2D eigenvalue weighted by atomic mass is 9.95. The second-order valence-electron chi connectivity index (χ2n) is 4.59. The monoisotopic (exact) mass is 212 g/mol. The van der Waals surface area contributed by atoms with Gasteiger partial charge in [0.25, 0.3) is 0 Å². The third-order valence-corrected chi connectivity index (χ3v) is 3.34. The van der Waals surface area contributed by atoms with Gasteiger partial charge in [-0.1, -0.05) is 6.92 Å². The summed E-state index contributed by atoms with van der Waals surface area (Å²) in [5.74, 6) is 0.607. The van der Waals surface area contributed by atoms with E-state index in [9.17, 15) is 4.79 Å². The summed E-state index contributed by atoms with van der Waals surface area (Å²) in [4.78, 5) is 11.8. The number of carbonyl (C=O) groups is 1. The first kappa shape index (κ1) is 10.9. The van der Waals surface area contributed by atoms with Crippen LogP contribution in [-0.4, -0.2) is 37.7 Å². The highest BCUT2D eigenvalue weighted by Crippen LogP contribution is 2.15. The van der Waals surface area contributed by atoms with Gasteiger partial charge in [-0.15, -0.1) is 0 Å². The Bertz CT molecular complexity index is 227. The molecule has 0 aliphatic carbocycles. The van der Waals surface area contributed by atoms with Gasteiger partial charge >= 0.3 is 0 Å². The SMILES string of the molecule is CC1CNCCC1NC(=O)C1CCCO1. The fourth-order valence-corrected chi connectivity index (χ4v) is 2.29. The molecule has 3 unspecified atom stereocenters. The van der Waals surface area contributed by atoms with Crippen molar-refractivity contribution in [2.45, 2.75) is 38.3 Å². The van der Waals surface area contributed by atoms with Gasteiger partial charge in [0.1, 0.15) is 6.10 Å². The van der Waals surface area contributed by atoms with E-state index in [1.54, 1.807) is 0 Å². The van der Waals surface area contributed by atoms with E-state index in [1.807, 2.05) is 0 Å². The van der Waals surface area contributed by atoms with Crippen LogP contribution in [0.25, 0.3) is 0 Å². The number of ether oxygens (including phenoxy) is 1. The van der Waals surface area contributed by atoms with Crippen molar-refractivity contribution >= 4 is 5.91 Å². The summed E-state index contributed by atoms with van der Waals surface area (Å²) in [5, 5.41) is 6.43. The van der Waals surface area contributed by atoms with Crippen LogP contribution in [0.15, 0.2) is 0 Å². The number of carbonyl (C=O) groups excluding carboxylic acids is 1. The molecule has 0 aromatic heterocycles. The Morgan fingerprint density at radius 2 is 2.33 bits per heavy atom. The minimum atomic E-state index is -0.188. The van der Waals surface area contributed by atoms with E-state index in [1.165, 1.54) is 0 Å². The third kappa shape index (κ3) is 2.69. The first-order chi connectivity index (χ1) is 7.27. The average molecular weight is 212 g/mol. The Balaban J connectivity index is 1.81. The van der Waals surface area contributed by atoms with Gasteiger partial charge in [-0.2, -0.15) is 0 Å². The van der Waals surface area contributed by atoms with Crippen LogP contribution in [0.2, 0.25) is 0 Å². The molecule has 0 bridgehead atoms. The lowest BCUT2D eigenvalue weighted by Gasteiger charge is -2.30. The minimum absolute atomic E-state index is 0.0891. The highest BCUT2D eigenvalue weighted by Gasteiger charge is 2.28. The van der Waals surface area contributed by atoms with Crippen molar-refractivity contribution in [1.29, 1.82) is 0 Å². The van der Waals surface area contributed by atoms with E-state index < -0.39 is 0 Å². The molecule has 0 saturated carbocycles. The van der Waals surface area contributed by atoms with Crippen molar-refractivity contribution < 1.29 is 9.53 Å². The first-order valence-electron chi connectivity index (χ1n) is 5.90. The molecule has 4 nitrogen and oxygen atoms in total. The van der Waals surface area contributed by atoms with Crippen LogP contribution in [0.5, 0.6) is 0 Å². The second kappa shape index (κ2) is 4.94. The van der Waals surface area contributed by atoms with Gasteiger partial charge in [-0.05, 0) is 38.3 Å². The Labute approximate surface area is 90.8 Å². The Hall–Kier alpha value is -0.610. The van der Waals surface area contributed by atoms with Crippen LogP contribution in [0, 0.1) is 5.92 Å². The quantitative estimate of drug-likeness (QED) is 0.691. The molecule has 3 atom stereocenters. The zero-order chi connectivity index (χ0) is 10.7. The summed E-state index contributed by atoms with van der Waals surface area (Å²) < 4.78 is 5.36. The molecule has 2 saturated heterocycles. The molecule has 1 amide bonds. The van der Waals surface area contributed by atoms with Crippen molar-refractivity contribution in [2.24, 2.45) is 5.92 Å². The Morgan fingerprint density at radius 1 is 1.47 bits per heavy atom. The van der Waals surface area contributed by atoms with Gasteiger partial charge in [0, 0.05) is 12.6 Å². The van der Waals surface area contributed by atoms with Crippen LogP contribution in [-0.2, 0) is 9.53 Å². The Kier molecular flexibility index (Phi) is 3.59. The second-order valence-corrected chi connectivity index (χ2v) is 4.59. The number of amides is 1. The predicted octanol–water partition coefficient (Wildman–Crippen LogP) is 0.280. The largest absolute Gasteiger partial charge is 0.368 e. The smallest absolute Gasteiger partial charge is 0.249 e. The highest BCUT2D eigenvalue weighted by molar-refractivity contribution is 5.81. The number of hydrogen-bond acceptors (Lipinski definition) is 3. The highest BCUT2D eigenvalue weighted by atomic mass is 16.5. The van der Waals surface area contributed by atoms with Crippen LogP contribution in [0.3, 0.4) is 0 Å². The van der Waals surface area contributed by atoms with E-state index in [2.05, 4.69) is 17.6 Å². The maximum atomic E-state index is 11.8. The Morgan fingerprint density at radius 3 is 3.00 bits per heavy atom. The van der Waals surface area contributed by atoms with Crippen molar-refractivity contribution in [3.05, 3.63) is 0 Å². The van der Waals surface area contributed by atoms with Gasteiger partial charge in [0.05, 0.1) is 0 Å². The maximum Gasteiger partial charge on any atom is 0.249 e. The van der Waals surface area contributed by atoms with Crippen molar-refractivity contribution in [3.8, 4) is 0 Å². The lowest BCUT2D eigenvalue weighted by molar-refractivity contribution is -0.131. The summed E-state index contributed by atoms with van der Waals surface area (Å²) in [7, 11) is 0. The fraction of sp³-hybridized carbons (Fsp3) is 0.909. The molecular formula is C11H20N2O2. The standard InChI is InChI=1S/C11H20N2O2/c1-8-7-12-5-4-9(8)13-11(14)10-3-2-6-15-10/h8-10,12H,2-7H2,1H3,(H,13,14). The molecular weight excluding hydrogens is 192 g/mol. The predicted molar refractivity (Wildman–Crippen MR) is 57.6 cm³/mol. The number of nitrogens with one attached hydrogen (secondary N) is 2. The molecule has 2 rings (SSSR count). The molecule has 0 aromatic rings. The van der Waals surface area contributed by atoms with Crippen LogP contribution >= 0.6 is 0 Å². The number of hydrogen-bond donors (Lipinski definition) is 2. The first-order valence-corrected chi connectivity index (χ1v) is 5.90. The number of rotatable bonds is 2. The zero-order valence-electron chi connectivity index (χ0n) is 9.29. The van der Waals surface area contributed by atoms with Gasteiger partial charge in [0.15, 0.2) is 0 Å². The van der Waals surface area contributed by atoms with Crippen molar-refractivity contribution in [3.63, 3.8) is 0 Å². The summed E-state index contributed by atoms with van der Waals surface area (Å²) in [6, 6.07) is 0.322. The van der Waals surface area contributed by atoms with E-state index >= 15 is 0 Å². The molecule has 86 valence electrons. The van der Waals surface area contributed by atoms with Gasteiger partial charge in [-0.3, -0.25) is 4.79 Å². The van der Waals surface area contributed by atoms with Crippen molar-refractivity contribution in [1.82, 2.24) is 10.6 Å². The molecule has 0 spiro atoms. The van der Waals surface area contributed by atoms with Gasteiger partial charge in [-0.25, -0.2) is 0 Å². The normalized spacial score (nSPS) is 36.5. The molecule has 2 heterocycles. The van der Waals surface area contributed by atoms with Gasteiger partial charge in [0.2, 0.25) is 5.91 Å². The molecule has 2 fully saturated rings. The summed E-state index contributed by atoms with van der Waals surface area (Å²) >= 11 is 0. The summed E-state index contributed by atoms with van der Waals surface area (Å²) in [6.45, 7) is 4.91. The fourth-order valence-electron chi connectivity index (χ4n) is 2.29. The molecule has 2 aliphatic heterocycles. The minimum Gasteiger partial charge on any atom is -0.368 e. The molecule has 4 heteroatoms. The third-order valence-electron chi connectivity index (χ3n) is 3.34. The maximum absolute atomic E-state index is 11.8. The molecule has 0 aromatic carbocycles. The van der Waals surface area contributed by atoms with Crippen LogP contribution in [0.4, 0.5) is 0 Å². The molecule has 15 heavy (non-hydrogen) atoms. The van der Waals surface area contributed by atoms with Crippen LogP contribution in [0.1, 0.15) is 26.2 Å². The van der Waals surface area contributed by atoms with E-state index in [0.29, 0.717) is 12.0 Å². The molecule has 2 N–H and O–H groups in total. The van der Waals surface area contributed by atoms with Crippen molar-refractivity contribution in [2.75, 3.05) is 19.7 Å². The molecule has 0 radical (unpaired) electrons. The molecule has 2 aliphatic rings. The van der Waals surface area contributed by atoms with Gasteiger partial charge < -0.3 is 15.4 Å². The van der Waals surface area contributed by atoms with E-state index in [4.69, 9.17) is 4.74 Å². The topological polar surface area (TPSA) is 50.4 Å². The zero-order valence-corrected chi connectivity index (χ0v) is 9.29. The summed E-state index contributed by atoms with van der Waals surface area (Å²) in [5.41, 5.74) is 0. The van der Waals surface area contributed by atoms with E-state index in [-0.39, 0.29) is 12.0 Å².